The molecule has 20 heavy (non-hydrogen) atoms. The second-order valence-electron chi connectivity index (χ2n) is 6.35. The van der Waals surface area contributed by atoms with E-state index in [2.05, 4.69) is 15.4 Å². The van der Waals surface area contributed by atoms with Crippen LogP contribution in [0.4, 0.5) is 0 Å². The second kappa shape index (κ2) is 5.84. The van der Waals surface area contributed by atoms with Crippen LogP contribution >= 0.6 is 0 Å². The minimum atomic E-state index is 0.285. The van der Waals surface area contributed by atoms with Gasteiger partial charge in [0.25, 0.3) is 0 Å². The molecule has 1 aromatic heterocycles. The van der Waals surface area contributed by atoms with Crippen molar-refractivity contribution in [2.45, 2.75) is 33.2 Å². The van der Waals surface area contributed by atoms with Crippen molar-refractivity contribution in [2.75, 3.05) is 39.4 Å². The first kappa shape index (κ1) is 14.0. The molecule has 3 rings (SSSR count). The predicted octanol–water partition coefficient (Wildman–Crippen LogP) is 1.49. The van der Waals surface area contributed by atoms with Crippen LogP contribution in [0.5, 0.6) is 0 Å². The summed E-state index contributed by atoms with van der Waals surface area (Å²) in [6.45, 7) is 11.0. The summed E-state index contributed by atoms with van der Waals surface area (Å²) in [5.41, 5.74) is 2.54. The molecule has 0 aliphatic carbocycles. The highest BCUT2D eigenvalue weighted by molar-refractivity contribution is 5.20. The van der Waals surface area contributed by atoms with Gasteiger partial charge in [0.2, 0.25) is 0 Å². The fourth-order valence-electron chi connectivity index (χ4n) is 3.46. The van der Waals surface area contributed by atoms with Gasteiger partial charge in [0.05, 0.1) is 18.9 Å². The minimum Gasteiger partial charge on any atom is -0.379 e. The van der Waals surface area contributed by atoms with Gasteiger partial charge in [-0.3, -0.25) is 4.90 Å². The van der Waals surface area contributed by atoms with Gasteiger partial charge in [0.15, 0.2) is 0 Å². The lowest BCUT2D eigenvalue weighted by molar-refractivity contribution is 0.0487. The SMILES string of the molecule is Cc1noc(C)c1CN1CCOC[C@@]2(CCCNC2)C1. The monoisotopic (exact) mass is 279 g/mol. The Bertz CT molecular complexity index is 432. The Kier molecular flexibility index (Phi) is 4.10. The summed E-state index contributed by atoms with van der Waals surface area (Å²) >= 11 is 0. The van der Waals surface area contributed by atoms with Crippen molar-refractivity contribution in [2.24, 2.45) is 5.41 Å². The normalized spacial score (nSPS) is 28.7. The van der Waals surface area contributed by atoms with E-state index in [4.69, 9.17) is 9.26 Å². The quantitative estimate of drug-likeness (QED) is 0.889. The molecule has 1 atom stereocenters. The van der Waals surface area contributed by atoms with Crippen molar-refractivity contribution in [3.63, 3.8) is 0 Å². The summed E-state index contributed by atoms with van der Waals surface area (Å²) in [7, 11) is 0. The maximum Gasteiger partial charge on any atom is 0.138 e. The highest BCUT2D eigenvalue weighted by Gasteiger charge is 2.36. The first-order chi connectivity index (χ1) is 9.69. The summed E-state index contributed by atoms with van der Waals surface area (Å²) in [6.07, 6.45) is 2.51. The van der Waals surface area contributed by atoms with Gasteiger partial charge in [0, 0.05) is 37.2 Å². The van der Waals surface area contributed by atoms with Gasteiger partial charge in [-0.15, -0.1) is 0 Å². The van der Waals surface area contributed by atoms with E-state index in [0.29, 0.717) is 0 Å². The van der Waals surface area contributed by atoms with Crippen LogP contribution < -0.4 is 5.32 Å². The molecular formula is C15H25N3O2. The lowest BCUT2D eigenvalue weighted by Crippen LogP contribution is -2.48. The first-order valence-corrected chi connectivity index (χ1v) is 7.61. The average Bonchev–Trinajstić information content (AvgIpc) is 2.65. The molecule has 112 valence electrons. The number of hydrogen-bond donors (Lipinski definition) is 1. The van der Waals surface area contributed by atoms with Crippen LogP contribution in [0, 0.1) is 19.3 Å². The number of ether oxygens (including phenoxy) is 1. The third-order valence-corrected chi connectivity index (χ3v) is 4.64. The van der Waals surface area contributed by atoms with Crippen molar-refractivity contribution >= 4 is 0 Å². The van der Waals surface area contributed by atoms with Crippen molar-refractivity contribution in [3.8, 4) is 0 Å². The van der Waals surface area contributed by atoms with E-state index < -0.39 is 0 Å². The van der Waals surface area contributed by atoms with Gasteiger partial charge in [-0.1, -0.05) is 5.16 Å². The molecule has 0 radical (unpaired) electrons. The molecule has 2 aliphatic heterocycles. The van der Waals surface area contributed by atoms with Gasteiger partial charge in [-0.05, 0) is 33.2 Å². The molecule has 5 nitrogen and oxygen atoms in total. The third kappa shape index (κ3) is 2.90. The van der Waals surface area contributed by atoms with Crippen LogP contribution in [0.3, 0.4) is 0 Å². The lowest BCUT2D eigenvalue weighted by atomic mass is 9.81. The summed E-state index contributed by atoms with van der Waals surface area (Å²) < 4.78 is 11.2. The van der Waals surface area contributed by atoms with E-state index >= 15 is 0 Å². The Hall–Kier alpha value is -0.910. The topological polar surface area (TPSA) is 50.5 Å². The first-order valence-electron chi connectivity index (χ1n) is 7.61. The number of rotatable bonds is 2. The van der Waals surface area contributed by atoms with Crippen molar-refractivity contribution in [1.29, 1.82) is 0 Å². The Morgan fingerprint density at radius 1 is 1.40 bits per heavy atom. The summed E-state index contributed by atoms with van der Waals surface area (Å²) in [5.74, 6) is 0.948. The van der Waals surface area contributed by atoms with E-state index in [1.807, 2.05) is 13.8 Å². The van der Waals surface area contributed by atoms with Crippen LogP contribution in [-0.4, -0.2) is 49.4 Å². The Labute approximate surface area is 120 Å². The predicted molar refractivity (Wildman–Crippen MR) is 76.6 cm³/mol. The van der Waals surface area contributed by atoms with Gasteiger partial charge in [-0.25, -0.2) is 0 Å². The number of aromatic nitrogens is 1. The number of nitrogens with one attached hydrogen (secondary N) is 1. The van der Waals surface area contributed by atoms with E-state index in [1.54, 1.807) is 0 Å². The largest absolute Gasteiger partial charge is 0.379 e. The maximum absolute atomic E-state index is 5.88. The minimum absolute atomic E-state index is 0.285. The zero-order valence-corrected chi connectivity index (χ0v) is 12.6. The van der Waals surface area contributed by atoms with Gasteiger partial charge >= 0.3 is 0 Å². The number of piperidine rings is 1. The molecule has 1 aromatic rings. The molecule has 1 spiro atoms. The molecule has 5 heteroatoms. The molecule has 2 saturated heterocycles. The molecule has 1 N–H and O–H groups in total. The van der Waals surface area contributed by atoms with Gasteiger partial charge in [0.1, 0.15) is 5.76 Å². The molecule has 0 aromatic carbocycles. The third-order valence-electron chi connectivity index (χ3n) is 4.64. The zero-order valence-electron chi connectivity index (χ0n) is 12.6. The van der Waals surface area contributed by atoms with E-state index in [0.717, 1.165) is 57.4 Å². The van der Waals surface area contributed by atoms with Crippen LogP contribution in [-0.2, 0) is 11.3 Å². The van der Waals surface area contributed by atoms with E-state index in [1.165, 1.54) is 18.4 Å². The summed E-state index contributed by atoms with van der Waals surface area (Å²) in [4.78, 5) is 2.51. The summed E-state index contributed by atoms with van der Waals surface area (Å²) in [5, 5.41) is 7.60. The number of aryl methyl sites for hydroxylation is 2. The number of nitrogens with zero attached hydrogens (tertiary/aromatic N) is 2. The molecule has 0 unspecified atom stereocenters. The Morgan fingerprint density at radius 2 is 2.30 bits per heavy atom. The lowest BCUT2D eigenvalue weighted by Gasteiger charge is -2.38. The molecule has 2 fully saturated rings. The maximum atomic E-state index is 5.88. The van der Waals surface area contributed by atoms with Crippen LogP contribution in [0.2, 0.25) is 0 Å². The standard InChI is InChI=1S/C15H25N3O2/c1-12-14(13(2)20-17-12)8-18-6-7-19-11-15(10-18)4-3-5-16-9-15/h16H,3-11H2,1-2H3/t15-/m1/s1. The smallest absolute Gasteiger partial charge is 0.138 e. The van der Waals surface area contributed by atoms with Gasteiger partial charge in [-0.2, -0.15) is 0 Å². The second-order valence-corrected chi connectivity index (χ2v) is 6.35. The molecule has 0 saturated carbocycles. The molecular weight excluding hydrogens is 254 g/mol. The highest BCUT2D eigenvalue weighted by Crippen LogP contribution is 2.30. The van der Waals surface area contributed by atoms with Crippen molar-refractivity contribution < 1.29 is 9.26 Å². The fourth-order valence-corrected chi connectivity index (χ4v) is 3.46. The zero-order chi connectivity index (χ0) is 14.0. The Morgan fingerprint density at radius 3 is 3.00 bits per heavy atom. The van der Waals surface area contributed by atoms with E-state index in [-0.39, 0.29) is 5.41 Å². The van der Waals surface area contributed by atoms with Crippen LogP contribution in [0.15, 0.2) is 4.52 Å². The Balaban J connectivity index is 1.72. The van der Waals surface area contributed by atoms with Crippen LogP contribution in [0.1, 0.15) is 29.9 Å². The van der Waals surface area contributed by atoms with Crippen LogP contribution in [0.25, 0.3) is 0 Å². The molecule has 0 amide bonds. The fraction of sp³-hybridized carbons (Fsp3) is 0.800. The van der Waals surface area contributed by atoms with Crippen molar-refractivity contribution in [3.05, 3.63) is 17.0 Å². The van der Waals surface area contributed by atoms with E-state index in [9.17, 15) is 0 Å². The molecule has 2 aliphatic rings. The molecule has 0 bridgehead atoms. The van der Waals surface area contributed by atoms with Crippen molar-refractivity contribution in [1.82, 2.24) is 15.4 Å². The summed E-state index contributed by atoms with van der Waals surface area (Å²) in [6, 6.07) is 0. The highest BCUT2D eigenvalue weighted by atomic mass is 16.5. The molecule has 3 heterocycles. The average molecular weight is 279 g/mol. The van der Waals surface area contributed by atoms with Gasteiger partial charge < -0.3 is 14.6 Å². The number of hydrogen-bond acceptors (Lipinski definition) is 5.